The lowest BCUT2D eigenvalue weighted by molar-refractivity contribution is 0.104. The predicted molar refractivity (Wildman–Crippen MR) is 100 cm³/mol. The van der Waals surface area contributed by atoms with Gasteiger partial charge in [0.2, 0.25) is 10.5 Å². The average molecular weight is 406 g/mol. The van der Waals surface area contributed by atoms with Crippen molar-refractivity contribution in [1.82, 2.24) is 0 Å². The fourth-order valence-electron chi connectivity index (χ4n) is 2.14. The van der Waals surface area contributed by atoms with Crippen molar-refractivity contribution in [2.45, 2.75) is 0 Å². The van der Waals surface area contributed by atoms with Gasteiger partial charge in [-0.25, -0.2) is 0 Å². The highest BCUT2D eigenvalue weighted by Crippen LogP contribution is 2.24. The van der Waals surface area contributed by atoms with Crippen LogP contribution in [0.5, 0.6) is 0 Å². The summed E-state index contributed by atoms with van der Waals surface area (Å²) in [6, 6.07) is 16.5. The maximum Gasteiger partial charge on any atom is 0.244 e. The lowest BCUT2D eigenvalue weighted by Crippen LogP contribution is -2.11. The number of carbonyl (C=O) groups excluding carboxylic acids is 1. The van der Waals surface area contributed by atoms with Crippen molar-refractivity contribution in [3.8, 4) is 0 Å². The maximum absolute atomic E-state index is 12.5. The highest BCUT2D eigenvalue weighted by atomic mass is 79.9. The minimum absolute atomic E-state index is 0.0230. The second-order valence-electron chi connectivity index (χ2n) is 4.86. The molecule has 0 aliphatic heterocycles. The van der Waals surface area contributed by atoms with E-state index in [1.807, 2.05) is 48.5 Å². The second kappa shape index (κ2) is 6.79. The van der Waals surface area contributed by atoms with Gasteiger partial charge in [0.05, 0.1) is 10.6 Å². The molecule has 1 heterocycles. The molecular formula is C18H10BrClO2S. The number of allylic oxidation sites excluding steroid dienone is 1. The van der Waals surface area contributed by atoms with Crippen LogP contribution in [0.1, 0.15) is 15.9 Å². The van der Waals surface area contributed by atoms with Crippen LogP contribution in [0.3, 0.4) is 0 Å². The molecule has 0 radical (unpaired) electrons. The van der Waals surface area contributed by atoms with Crippen LogP contribution in [-0.2, 0) is 0 Å². The lowest BCUT2D eigenvalue weighted by atomic mass is 10.1. The summed E-state index contributed by atoms with van der Waals surface area (Å²) in [5, 5.41) is 0.853. The normalized spacial score (nSPS) is 11.7. The number of hydrogen-bond donors (Lipinski definition) is 0. The monoisotopic (exact) mass is 404 g/mol. The van der Waals surface area contributed by atoms with E-state index in [-0.39, 0.29) is 15.3 Å². The molecule has 3 aromatic rings. The molecule has 0 fully saturated rings. The number of benzene rings is 2. The summed E-state index contributed by atoms with van der Waals surface area (Å²) < 4.78 is 1.43. The highest BCUT2D eigenvalue weighted by molar-refractivity contribution is 9.10. The van der Waals surface area contributed by atoms with E-state index in [9.17, 15) is 9.59 Å². The van der Waals surface area contributed by atoms with Crippen LogP contribution >= 0.6 is 38.9 Å². The Labute approximate surface area is 150 Å². The Bertz CT molecular complexity index is 977. The molecule has 0 amide bonds. The maximum atomic E-state index is 12.5. The fourth-order valence-corrected chi connectivity index (χ4v) is 3.58. The van der Waals surface area contributed by atoms with Gasteiger partial charge in [0.25, 0.3) is 0 Å². The Morgan fingerprint density at radius 3 is 2.57 bits per heavy atom. The Balaban J connectivity index is 2.05. The Morgan fingerprint density at radius 1 is 1.09 bits per heavy atom. The Kier molecular flexibility index (Phi) is 4.76. The van der Waals surface area contributed by atoms with Crippen LogP contribution in [-0.4, -0.2) is 5.78 Å². The van der Waals surface area contributed by atoms with E-state index in [1.165, 1.54) is 0 Å². The van der Waals surface area contributed by atoms with Crippen LogP contribution in [0.4, 0.5) is 0 Å². The third-order valence-corrected chi connectivity index (χ3v) is 5.02. The summed E-state index contributed by atoms with van der Waals surface area (Å²) in [7, 11) is 0. The molecule has 0 bridgehead atoms. The molecule has 0 spiro atoms. The zero-order valence-corrected chi connectivity index (χ0v) is 14.9. The molecule has 0 aliphatic rings. The predicted octanol–water partition coefficient (Wildman–Crippen LogP) is 5.49. The van der Waals surface area contributed by atoms with Gasteiger partial charge >= 0.3 is 0 Å². The van der Waals surface area contributed by atoms with E-state index in [0.717, 1.165) is 31.5 Å². The third kappa shape index (κ3) is 3.61. The van der Waals surface area contributed by atoms with Crippen LogP contribution in [0.15, 0.2) is 68.9 Å². The number of ketones is 1. The molecule has 2 nitrogen and oxygen atoms in total. The summed E-state index contributed by atoms with van der Waals surface area (Å²) in [6.07, 6.45) is 1.57. The Hall–Kier alpha value is -1.75. The smallest absolute Gasteiger partial charge is 0.244 e. The zero-order valence-electron chi connectivity index (χ0n) is 11.8. The van der Waals surface area contributed by atoms with Gasteiger partial charge in [-0.3, -0.25) is 9.59 Å². The van der Waals surface area contributed by atoms with Crippen molar-refractivity contribution >= 4 is 60.8 Å². The first-order chi connectivity index (χ1) is 11.0. The quantitative estimate of drug-likeness (QED) is 0.427. The third-order valence-electron chi connectivity index (χ3n) is 3.25. The van der Waals surface area contributed by atoms with Gasteiger partial charge in [-0.05, 0) is 41.3 Å². The summed E-state index contributed by atoms with van der Waals surface area (Å²) in [5.41, 5.74) is 0.906. The molecule has 114 valence electrons. The first kappa shape index (κ1) is 16.1. The SMILES string of the molecule is O=C(/C(Cl)=C\c1ccccc1)c1cc2cc(Br)ccc2sc1=O. The summed E-state index contributed by atoms with van der Waals surface area (Å²) >= 11 is 10.6. The van der Waals surface area contributed by atoms with E-state index in [4.69, 9.17) is 11.6 Å². The fraction of sp³-hybridized carbons (Fsp3) is 0. The number of carbonyl (C=O) groups is 1. The standard InChI is InChI=1S/C18H10BrClO2S/c19-13-6-7-16-12(9-13)10-14(18(22)23-16)17(21)15(20)8-11-4-2-1-3-5-11/h1-10H/b15-8+. The van der Waals surface area contributed by atoms with Gasteiger partial charge in [-0.1, -0.05) is 69.2 Å². The van der Waals surface area contributed by atoms with E-state index in [2.05, 4.69) is 15.9 Å². The number of halogens is 2. The molecule has 0 aliphatic carbocycles. The number of rotatable bonds is 3. The number of Topliss-reactive ketones (excluding diaryl/α,β-unsaturated/α-hetero) is 1. The van der Waals surface area contributed by atoms with Crippen LogP contribution in [0.25, 0.3) is 16.2 Å². The van der Waals surface area contributed by atoms with E-state index >= 15 is 0 Å². The molecule has 2 aromatic carbocycles. The van der Waals surface area contributed by atoms with Crippen LogP contribution in [0, 0.1) is 0 Å². The largest absolute Gasteiger partial charge is 0.287 e. The van der Waals surface area contributed by atoms with Crippen LogP contribution < -0.4 is 4.74 Å². The second-order valence-corrected chi connectivity index (χ2v) is 7.20. The molecule has 0 N–H and O–H groups in total. The van der Waals surface area contributed by atoms with E-state index in [0.29, 0.717) is 0 Å². The number of fused-ring (bicyclic) bond motifs is 1. The van der Waals surface area contributed by atoms with Gasteiger partial charge in [0.15, 0.2) is 0 Å². The van der Waals surface area contributed by atoms with Crippen molar-refractivity contribution in [3.05, 3.63) is 84.8 Å². The lowest BCUT2D eigenvalue weighted by Gasteiger charge is -2.02. The van der Waals surface area contributed by atoms with E-state index in [1.54, 1.807) is 12.1 Å². The molecule has 0 saturated heterocycles. The first-order valence-corrected chi connectivity index (χ1v) is 8.74. The van der Waals surface area contributed by atoms with Crippen molar-refractivity contribution < 1.29 is 4.79 Å². The van der Waals surface area contributed by atoms with Gasteiger partial charge in [0.1, 0.15) is 0 Å². The van der Waals surface area contributed by atoms with E-state index < -0.39 is 5.78 Å². The van der Waals surface area contributed by atoms with Crippen molar-refractivity contribution in [2.24, 2.45) is 0 Å². The average Bonchev–Trinajstić information content (AvgIpc) is 2.55. The first-order valence-electron chi connectivity index (χ1n) is 6.75. The molecule has 0 atom stereocenters. The van der Waals surface area contributed by atoms with Gasteiger partial charge in [-0.2, -0.15) is 0 Å². The molecule has 0 unspecified atom stereocenters. The molecule has 5 heteroatoms. The molecule has 1 aromatic heterocycles. The van der Waals surface area contributed by atoms with Crippen LogP contribution in [0.2, 0.25) is 0 Å². The van der Waals surface area contributed by atoms with Gasteiger partial charge in [-0.15, -0.1) is 0 Å². The summed E-state index contributed by atoms with van der Waals surface area (Å²) in [5.74, 6) is -0.460. The van der Waals surface area contributed by atoms with Gasteiger partial charge in [0, 0.05) is 9.17 Å². The zero-order chi connectivity index (χ0) is 16.4. The van der Waals surface area contributed by atoms with Crippen molar-refractivity contribution in [2.75, 3.05) is 0 Å². The van der Waals surface area contributed by atoms with Crippen molar-refractivity contribution in [3.63, 3.8) is 0 Å². The molecule has 3 rings (SSSR count). The van der Waals surface area contributed by atoms with Gasteiger partial charge < -0.3 is 0 Å². The molecule has 23 heavy (non-hydrogen) atoms. The minimum atomic E-state index is -0.460. The topological polar surface area (TPSA) is 34.1 Å². The molecule has 0 saturated carbocycles. The Morgan fingerprint density at radius 2 is 1.83 bits per heavy atom. The molecular weight excluding hydrogens is 396 g/mol. The number of hydrogen-bond acceptors (Lipinski definition) is 3. The highest BCUT2D eigenvalue weighted by Gasteiger charge is 2.15. The summed E-state index contributed by atoms with van der Waals surface area (Å²) in [6.45, 7) is 0. The van der Waals surface area contributed by atoms with Crippen molar-refractivity contribution in [1.29, 1.82) is 0 Å². The minimum Gasteiger partial charge on any atom is -0.287 e. The summed E-state index contributed by atoms with van der Waals surface area (Å²) in [4.78, 5) is 24.7.